The highest BCUT2D eigenvalue weighted by molar-refractivity contribution is 7.89. The maximum absolute atomic E-state index is 14.0. The second-order valence-corrected chi connectivity index (χ2v) is 14.4. The number of nitrogens with one attached hydrogen (secondary N) is 2. The molecule has 0 fully saturated rings. The molecule has 0 atom stereocenters. The van der Waals surface area contributed by atoms with Gasteiger partial charge in [-0.25, -0.2) is 17.5 Å². The van der Waals surface area contributed by atoms with Gasteiger partial charge in [-0.15, -0.1) is 0 Å². The molecule has 0 aliphatic heterocycles. The van der Waals surface area contributed by atoms with E-state index < -0.39 is 79.4 Å². The van der Waals surface area contributed by atoms with Crippen LogP contribution in [0.25, 0.3) is 0 Å². The molecule has 24 heteroatoms. The molecule has 0 spiro atoms. The number of halogens is 13. The van der Waals surface area contributed by atoms with Crippen LogP contribution in [0.5, 0.6) is 0 Å². The van der Waals surface area contributed by atoms with Crippen molar-refractivity contribution in [2.24, 2.45) is 0 Å². The van der Waals surface area contributed by atoms with Gasteiger partial charge in [0.15, 0.2) is 0 Å². The number of carbonyl (C=O) groups excluding carboxylic acids is 1. The summed E-state index contributed by atoms with van der Waals surface area (Å²) in [6, 6.07) is -0.339. The first-order valence-corrected chi connectivity index (χ1v) is 17.0. The molecular weight excluding hydrogens is 709 g/mol. The van der Waals surface area contributed by atoms with Crippen LogP contribution >= 0.6 is 0 Å². The zero-order valence-corrected chi connectivity index (χ0v) is 26.8. The molecule has 2 N–H and O–H groups in total. The van der Waals surface area contributed by atoms with E-state index >= 15 is 0 Å². The van der Waals surface area contributed by atoms with Crippen LogP contribution in [0.4, 0.5) is 61.9 Å². The van der Waals surface area contributed by atoms with Crippen LogP contribution in [0.3, 0.4) is 0 Å². The Morgan fingerprint density at radius 2 is 1.11 bits per heavy atom. The molecular formula is C22H36F13N3O6SSi. The predicted molar refractivity (Wildman–Crippen MR) is 138 cm³/mol. The maximum atomic E-state index is 14.0. The average Bonchev–Trinajstić information content (AvgIpc) is 2.91. The molecule has 46 heavy (non-hydrogen) atoms. The summed E-state index contributed by atoms with van der Waals surface area (Å²) < 4.78 is 213. The lowest BCUT2D eigenvalue weighted by Crippen LogP contribution is -2.70. The van der Waals surface area contributed by atoms with E-state index in [0.717, 1.165) is 0 Å². The fraction of sp³-hybridized carbons (Fsp3) is 0.955. The highest BCUT2D eigenvalue weighted by Crippen LogP contribution is 2.60. The summed E-state index contributed by atoms with van der Waals surface area (Å²) in [4.78, 5) is 11.9. The normalized spacial score (nSPS) is 14.6. The smallest absolute Gasteiger partial charge is 0.374 e. The Hall–Kier alpha value is -1.63. The van der Waals surface area contributed by atoms with E-state index in [1.807, 2.05) is 0 Å². The number of hydrogen-bond acceptors (Lipinski definition) is 6. The number of carbonyl (C=O) groups is 1. The minimum absolute atomic E-state index is 0.139. The van der Waals surface area contributed by atoms with E-state index in [1.165, 1.54) is 0 Å². The van der Waals surface area contributed by atoms with Gasteiger partial charge in [-0.2, -0.15) is 57.1 Å². The van der Waals surface area contributed by atoms with Gasteiger partial charge in [0.2, 0.25) is 10.0 Å². The highest BCUT2D eigenvalue weighted by atomic mass is 32.2. The topological polar surface area (TPSA) is 106 Å². The van der Waals surface area contributed by atoms with Crippen molar-refractivity contribution in [3.63, 3.8) is 0 Å². The largest absolute Gasteiger partial charge is 0.500 e. The molecule has 0 unspecified atom stereocenters. The van der Waals surface area contributed by atoms with Crippen LogP contribution in [0.1, 0.15) is 40.0 Å². The van der Waals surface area contributed by atoms with Crippen molar-refractivity contribution in [2.45, 2.75) is 81.9 Å². The van der Waals surface area contributed by atoms with E-state index in [9.17, 15) is 70.3 Å². The number of sulfonamides is 1. The molecule has 0 heterocycles. The number of urea groups is 1. The zero-order valence-electron chi connectivity index (χ0n) is 25.0. The third-order valence-corrected chi connectivity index (χ3v) is 11.1. The van der Waals surface area contributed by atoms with Crippen molar-refractivity contribution in [1.29, 1.82) is 0 Å². The van der Waals surface area contributed by atoms with Gasteiger partial charge in [0.1, 0.15) is 0 Å². The first kappa shape index (κ1) is 44.4. The third-order valence-electron chi connectivity index (χ3n) is 6.12. The van der Waals surface area contributed by atoms with Crippen LogP contribution in [-0.4, -0.2) is 116 Å². The minimum atomic E-state index is -8.07. The van der Waals surface area contributed by atoms with Gasteiger partial charge in [-0.3, -0.25) is 0 Å². The molecule has 2 amide bonds. The Balaban J connectivity index is 5.06. The number of rotatable bonds is 22. The second-order valence-electron chi connectivity index (χ2n) is 9.51. The first-order chi connectivity index (χ1) is 20.7. The van der Waals surface area contributed by atoms with E-state index in [1.54, 1.807) is 20.8 Å². The van der Waals surface area contributed by atoms with Crippen LogP contribution < -0.4 is 10.6 Å². The van der Waals surface area contributed by atoms with Crippen molar-refractivity contribution >= 4 is 24.9 Å². The SMILES string of the molecule is CCO[Si](CCCNC(=O)NCCCN(C)S(=O)(=O)CCC(F)(F)C(F)(F)C(F)(F)C(F)(F)C(F)(F)C(F)(F)F)(OCC)OCC. The van der Waals surface area contributed by atoms with Gasteiger partial charge in [-0.1, -0.05) is 0 Å². The highest BCUT2D eigenvalue weighted by Gasteiger charge is 2.90. The Bertz CT molecular complexity index is 1050. The first-order valence-electron chi connectivity index (χ1n) is 13.5. The minimum Gasteiger partial charge on any atom is -0.374 e. The van der Waals surface area contributed by atoms with Crippen LogP contribution in [0, 0.1) is 0 Å². The molecule has 0 aromatic heterocycles. The van der Waals surface area contributed by atoms with Gasteiger partial charge in [0, 0.05) is 59.0 Å². The quantitative estimate of drug-likeness (QED) is 0.0862. The van der Waals surface area contributed by atoms with Gasteiger partial charge in [0.05, 0.1) is 5.75 Å². The summed E-state index contributed by atoms with van der Waals surface area (Å²) in [6.07, 6.45) is -10.2. The fourth-order valence-corrected chi connectivity index (χ4v) is 7.43. The molecule has 0 bridgehead atoms. The van der Waals surface area contributed by atoms with Crippen LogP contribution in [0.2, 0.25) is 6.04 Å². The molecule has 9 nitrogen and oxygen atoms in total. The molecule has 0 radical (unpaired) electrons. The fourth-order valence-electron chi connectivity index (χ4n) is 3.59. The van der Waals surface area contributed by atoms with Crippen molar-refractivity contribution in [3.8, 4) is 0 Å². The Kier molecular flexibility index (Phi) is 16.1. The van der Waals surface area contributed by atoms with Gasteiger partial charge in [0.25, 0.3) is 0 Å². The van der Waals surface area contributed by atoms with E-state index in [4.69, 9.17) is 13.3 Å². The van der Waals surface area contributed by atoms with Crippen molar-refractivity contribution in [3.05, 3.63) is 0 Å². The predicted octanol–water partition coefficient (Wildman–Crippen LogP) is 5.50. The maximum Gasteiger partial charge on any atom is 0.500 e. The van der Waals surface area contributed by atoms with Gasteiger partial charge >= 0.3 is 50.6 Å². The van der Waals surface area contributed by atoms with E-state index in [-0.39, 0.29) is 23.8 Å². The van der Waals surface area contributed by atoms with Crippen molar-refractivity contribution in [2.75, 3.05) is 52.3 Å². The summed E-state index contributed by atoms with van der Waals surface area (Å²) in [7, 11) is -7.28. The monoisotopic (exact) mass is 745 g/mol. The third kappa shape index (κ3) is 10.4. The molecule has 276 valence electrons. The summed E-state index contributed by atoms with van der Waals surface area (Å²) in [5.41, 5.74) is 0. The number of amides is 2. The lowest BCUT2D eigenvalue weighted by molar-refractivity contribution is -0.439. The number of hydrogen-bond donors (Lipinski definition) is 2. The molecule has 0 aliphatic carbocycles. The van der Waals surface area contributed by atoms with Gasteiger partial charge in [-0.05, 0) is 33.6 Å². The molecule has 0 aliphatic rings. The second kappa shape index (κ2) is 16.7. The summed E-state index contributed by atoms with van der Waals surface area (Å²) >= 11 is 0. The number of alkyl halides is 13. The molecule has 0 aromatic rings. The summed E-state index contributed by atoms with van der Waals surface area (Å²) in [5, 5.41) is 4.81. The van der Waals surface area contributed by atoms with Gasteiger partial charge < -0.3 is 23.9 Å². The van der Waals surface area contributed by atoms with E-state index in [2.05, 4.69) is 10.6 Å². The van der Waals surface area contributed by atoms with Crippen molar-refractivity contribution < 1.29 is 83.6 Å². The van der Waals surface area contributed by atoms with Crippen LogP contribution in [0.15, 0.2) is 0 Å². The molecule has 0 saturated carbocycles. The lowest BCUT2D eigenvalue weighted by Gasteiger charge is -2.39. The summed E-state index contributed by atoms with van der Waals surface area (Å²) in [6.45, 7) is 5.59. The molecule has 0 aromatic carbocycles. The Labute approximate surface area is 257 Å². The molecule has 0 saturated heterocycles. The Morgan fingerprint density at radius 1 is 0.696 bits per heavy atom. The lowest BCUT2D eigenvalue weighted by atomic mass is 9.93. The summed E-state index contributed by atoms with van der Waals surface area (Å²) in [5.74, 6) is -40.1. The zero-order chi connectivity index (χ0) is 36.5. The van der Waals surface area contributed by atoms with Crippen molar-refractivity contribution in [1.82, 2.24) is 14.9 Å². The molecule has 0 rings (SSSR count). The van der Waals surface area contributed by atoms with Crippen LogP contribution in [-0.2, 0) is 23.3 Å². The number of nitrogens with zero attached hydrogens (tertiary/aromatic N) is 1. The van der Waals surface area contributed by atoms with E-state index in [0.29, 0.717) is 39.3 Å². The average molecular weight is 746 g/mol. The standard InChI is InChI=1S/C22H36F13N3O6SSi/c1-5-42-46(43-6-2,44-7-3)15-9-12-37-16(39)36-11-8-13-38(4)45(40,41)14-10-17(23,24)18(25,26)19(27,28)20(29,30)21(31,32)22(33,34)35/h5-15H2,1-4H3,(H2,36,37,39). The Morgan fingerprint density at radius 3 is 1.52 bits per heavy atom.